The summed E-state index contributed by atoms with van der Waals surface area (Å²) >= 11 is 1.28. The van der Waals surface area contributed by atoms with Gasteiger partial charge in [0.1, 0.15) is 0 Å². The highest BCUT2D eigenvalue weighted by atomic mass is 32.1. The van der Waals surface area contributed by atoms with Gasteiger partial charge in [0.2, 0.25) is 0 Å². The zero-order valence-corrected chi connectivity index (χ0v) is 15.0. The summed E-state index contributed by atoms with van der Waals surface area (Å²) in [6.07, 6.45) is -1.11. The smallest absolute Gasteiger partial charge is 0.332 e. The third-order valence-corrected chi connectivity index (χ3v) is 4.10. The van der Waals surface area contributed by atoms with Crippen LogP contribution in [0.15, 0.2) is 65.7 Å². The molecule has 138 valence electrons. The zero-order chi connectivity index (χ0) is 19.2. The molecule has 1 aromatic heterocycles. The first kappa shape index (κ1) is 19.7. The summed E-state index contributed by atoms with van der Waals surface area (Å²) in [5, 5.41) is 5.12. The van der Waals surface area contributed by atoms with Crippen molar-refractivity contribution in [2.75, 3.05) is 17.9 Å². The normalized spacial score (nSPS) is 12.8. The van der Waals surface area contributed by atoms with Crippen LogP contribution in [0, 0.1) is 0 Å². The van der Waals surface area contributed by atoms with Crippen LogP contribution in [-0.4, -0.2) is 18.3 Å². The average Bonchev–Trinajstić information content (AvgIpc) is 3.06. The van der Waals surface area contributed by atoms with Gasteiger partial charge in [0.15, 0.2) is 5.13 Å². The number of allylic oxidation sites excluding steroid dienone is 4. The maximum absolute atomic E-state index is 12.9. The van der Waals surface area contributed by atoms with E-state index >= 15 is 0 Å². The maximum Gasteiger partial charge on any atom is 0.416 e. The van der Waals surface area contributed by atoms with Gasteiger partial charge >= 0.3 is 6.18 Å². The minimum atomic E-state index is -4.43. The maximum atomic E-state index is 12.9. The fourth-order valence-corrected chi connectivity index (χ4v) is 2.86. The first-order valence-corrected chi connectivity index (χ1v) is 8.45. The molecule has 1 heterocycles. The largest absolute Gasteiger partial charge is 0.416 e. The Labute approximate surface area is 153 Å². The number of nitrogens with zero attached hydrogens (tertiary/aromatic N) is 1. The van der Waals surface area contributed by atoms with E-state index in [2.05, 4.69) is 22.4 Å². The monoisotopic (exact) mass is 381 g/mol. The Morgan fingerprint density at radius 1 is 1.31 bits per heavy atom. The SMILES string of the molecule is C=C/C(=C\C(=C/C)C(F)(F)F)Nc1nc(-c2ccccc2NOC)cs1. The molecule has 8 heteroatoms. The standard InChI is InChI=1S/C18H18F3N3OS/c1-4-12(18(19,20)21)10-13(5-2)22-17-23-16(11-26-17)14-8-6-7-9-15(14)24-25-3/h4-11,24H,2H2,1,3H3,(H,22,23)/b12-4+,13-10+. The van der Waals surface area contributed by atoms with Gasteiger partial charge in [0.25, 0.3) is 0 Å². The van der Waals surface area contributed by atoms with Crippen LogP contribution >= 0.6 is 11.3 Å². The molecule has 2 aromatic rings. The second-order valence-electron chi connectivity index (χ2n) is 5.06. The fraction of sp³-hybridized carbons (Fsp3) is 0.167. The number of rotatable bonds is 7. The highest BCUT2D eigenvalue weighted by molar-refractivity contribution is 7.14. The third-order valence-electron chi connectivity index (χ3n) is 3.34. The van der Waals surface area contributed by atoms with Crippen LogP contribution in [0.3, 0.4) is 0 Å². The fourth-order valence-electron chi connectivity index (χ4n) is 2.13. The van der Waals surface area contributed by atoms with Crippen LogP contribution in [0.25, 0.3) is 11.3 Å². The van der Waals surface area contributed by atoms with Gasteiger partial charge in [-0.25, -0.2) is 4.98 Å². The van der Waals surface area contributed by atoms with Crippen molar-refractivity contribution < 1.29 is 18.0 Å². The van der Waals surface area contributed by atoms with Gasteiger partial charge in [-0.15, -0.1) is 11.3 Å². The summed E-state index contributed by atoms with van der Waals surface area (Å²) < 4.78 is 38.7. The molecule has 0 saturated carbocycles. The van der Waals surface area contributed by atoms with Crippen molar-refractivity contribution in [3.63, 3.8) is 0 Å². The lowest BCUT2D eigenvalue weighted by atomic mass is 10.1. The van der Waals surface area contributed by atoms with Crippen molar-refractivity contribution >= 4 is 22.2 Å². The van der Waals surface area contributed by atoms with Crippen molar-refractivity contribution in [1.82, 2.24) is 4.98 Å². The van der Waals surface area contributed by atoms with Crippen molar-refractivity contribution in [3.05, 3.63) is 65.7 Å². The quantitative estimate of drug-likeness (QED) is 0.472. The molecule has 2 N–H and O–H groups in total. The number of thiazole rings is 1. The average molecular weight is 381 g/mol. The molecule has 0 fully saturated rings. The summed E-state index contributed by atoms with van der Waals surface area (Å²) in [6, 6.07) is 7.41. The van der Waals surface area contributed by atoms with Crippen molar-refractivity contribution in [2.24, 2.45) is 0 Å². The number of nitrogens with one attached hydrogen (secondary N) is 2. The van der Waals surface area contributed by atoms with Gasteiger partial charge in [-0.2, -0.15) is 13.2 Å². The molecule has 0 aliphatic heterocycles. The third kappa shape index (κ3) is 4.96. The van der Waals surface area contributed by atoms with Crippen LogP contribution in [0.4, 0.5) is 24.0 Å². The number of hydrogen-bond donors (Lipinski definition) is 2. The summed E-state index contributed by atoms with van der Waals surface area (Å²) in [4.78, 5) is 9.37. The number of benzene rings is 1. The molecule has 0 spiro atoms. The number of aromatic nitrogens is 1. The van der Waals surface area contributed by atoms with Crippen LogP contribution in [-0.2, 0) is 4.84 Å². The van der Waals surface area contributed by atoms with E-state index in [1.807, 2.05) is 24.3 Å². The van der Waals surface area contributed by atoms with Gasteiger partial charge in [0.05, 0.1) is 24.1 Å². The van der Waals surface area contributed by atoms with Crippen LogP contribution in [0.5, 0.6) is 0 Å². The molecule has 0 unspecified atom stereocenters. The molecule has 4 nitrogen and oxygen atoms in total. The van der Waals surface area contributed by atoms with E-state index in [1.165, 1.54) is 31.4 Å². The minimum Gasteiger partial charge on any atom is -0.332 e. The van der Waals surface area contributed by atoms with Gasteiger partial charge in [-0.3, -0.25) is 10.3 Å². The number of alkyl halides is 3. The van der Waals surface area contributed by atoms with E-state index in [-0.39, 0.29) is 5.70 Å². The zero-order valence-electron chi connectivity index (χ0n) is 14.2. The molecule has 1 aromatic carbocycles. The summed E-state index contributed by atoms with van der Waals surface area (Å²) in [7, 11) is 1.51. The Hall–Kier alpha value is -2.58. The molecular formula is C18H18F3N3OS. The predicted molar refractivity (Wildman–Crippen MR) is 99.9 cm³/mol. The number of para-hydroxylation sites is 1. The molecule has 0 amide bonds. The molecule has 26 heavy (non-hydrogen) atoms. The Morgan fingerprint density at radius 3 is 2.65 bits per heavy atom. The Kier molecular flexibility index (Phi) is 6.59. The Balaban J connectivity index is 2.26. The molecule has 0 aliphatic rings. The molecule has 2 rings (SSSR count). The van der Waals surface area contributed by atoms with Gasteiger partial charge in [0, 0.05) is 16.6 Å². The highest BCUT2D eigenvalue weighted by Crippen LogP contribution is 2.32. The first-order chi connectivity index (χ1) is 12.4. The number of hydrogen-bond acceptors (Lipinski definition) is 5. The van der Waals surface area contributed by atoms with E-state index in [0.717, 1.165) is 23.4 Å². The molecular weight excluding hydrogens is 363 g/mol. The van der Waals surface area contributed by atoms with Crippen molar-refractivity contribution in [3.8, 4) is 11.3 Å². The van der Waals surface area contributed by atoms with Gasteiger partial charge < -0.3 is 5.32 Å². The summed E-state index contributed by atoms with van der Waals surface area (Å²) in [5.41, 5.74) is 4.44. The van der Waals surface area contributed by atoms with E-state index in [4.69, 9.17) is 4.84 Å². The minimum absolute atomic E-state index is 0.208. The molecule has 0 bridgehead atoms. The summed E-state index contributed by atoms with van der Waals surface area (Å²) in [5.74, 6) is 0. The Morgan fingerprint density at radius 2 is 2.04 bits per heavy atom. The predicted octanol–water partition coefficient (Wildman–Crippen LogP) is 5.77. The van der Waals surface area contributed by atoms with Crippen LogP contribution in [0.1, 0.15) is 6.92 Å². The van der Waals surface area contributed by atoms with Gasteiger partial charge in [-0.05, 0) is 25.1 Å². The van der Waals surface area contributed by atoms with Crippen LogP contribution in [0.2, 0.25) is 0 Å². The lowest BCUT2D eigenvalue weighted by Gasteiger charge is -2.10. The first-order valence-electron chi connectivity index (χ1n) is 7.57. The van der Waals surface area contributed by atoms with Crippen molar-refractivity contribution in [2.45, 2.75) is 13.1 Å². The Bertz CT molecular complexity index is 825. The molecule has 0 saturated heterocycles. The van der Waals surface area contributed by atoms with E-state index in [1.54, 1.807) is 5.38 Å². The molecule has 0 aliphatic carbocycles. The highest BCUT2D eigenvalue weighted by Gasteiger charge is 2.31. The van der Waals surface area contributed by atoms with Crippen molar-refractivity contribution in [1.29, 1.82) is 0 Å². The molecule has 0 radical (unpaired) electrons. The van der Waals surface area contributed by atoms with E-state index < -0.39 is 11.7 Å². The molecule has 0 atom stereocenters. The number of halogens is 3. The second-order valence-corrected chi connectivity index (χ2v) is 5.92. The lowest BCUT2D eigenvalue weighted by Crippen LogP contribution is -2.11. The summed E-state index contributed by atoms with van der Waals surface area (Å²) in [6.45, 7) is 4.89. The van der Waals surface area contributed by atoms with Crippen LogP contribution < -0.4 is 10.8 Å². The topological polar surface area (TPSA) is 46.2 Å². The van der Waals surface area contributed by atoms with Gasteiger partial charge in [-0.1, -0.05) is 30.9 Å². The number of anilines is 2. The van der Waals surface area contributed by atoms with E-state index in [0.29, 0.717) is 10.8 Å². The second kappa shape index (κ2) is 8.68. The lowest BCUT2D eigenvalue weighted by molar-refractivity contribution is -0.0883. The van der Waals surface area contributed by atoms with E-state index in [9.17, 15) is 13.2 Å².